The van der Waals surface area contributed by atoms with E-state index in [4.69, 9.17) is 9.47 Å². The van der Waals surface area contributed by atoms with Crippen LogP contribution in [0.2, 0.25) is 0 Å². The summed E-state index contributed by atoms with van der Waals surface area (Å²) in [7, 11) is -2.15. The predicted molar refractivity (Wildman–Crippen MR) is 88.4 cm³/mol. The number of rotatable bonds is 6. The van der Waals surface area contributed by atoms with Crippen molar-refractivity contribution < 1.29 is 17.9 Å². The zero-order chi connectivity index (χ0) is 16.4. The van der Waals surface area contributed by atoms with Crippen molar-refractivity contribution in [3.05, 3.63) is 54.1 Å². The Balaban J connectivity index is 1.92. The molecule has 0 spiro atoms. The van der Waals surface area contributed by atoms with E-state index in [9.17, 15) is 8.42 Å². The molecule has 5 nitrogen and oxygen atoms in total. The molecule has 0 bridgehead atoms. The Morgan fingerprint density at radius 2 is 1.96 bits per heavy atom. The van der Waals surface area contributed by atoms with Crippen LogP contribution in [0.25, 0.3) is 0 Å². The topological polar surface area (TPSA) is 59.1 Å². The molecular formula is C17H19NO4S. The molecule has 0 aromatic heterocycles. The largest absolute Gasteiger partial charge is 0.489 e. The van der Waals surface area contributed by atoms with E-state index in [-0.39, 0.29) is 11.0 Å². The smallest absolute Gasteiger partial charge is 0.267 e. The summed E-state index contributed by atoms with van der Waals surface area (Å²) in [5.41, 5.74) is 1.62. The van der Waals surface area contributed by atoms with Crippen molar-refractivity contribution in [1.82, 2.24) is 0 Å². The van der Waals surface area contributed by atoms with Crippen molar-refractivity contribution in [2.45, 2.75) is 17.9 Å². The van der Waals surface area contributed by atoms with Crippen LogP contribution in [-0.2, 0) is 14.8 Å². The number of sulfonamides is 1. The maximum Gasteiger partial charge on any atom is 0.267 e. The van der Waals surface area contributed by atoms with E-state index in [2.05, 4.69) is 0 Å². The van der Waals surface area contributed by atoms with Gasteiger partial charge in [0.25, 0.3) is 10.0 Å². The van der Waals surface area contributed by atoms with E-state index in [1.165, 1.54) is 4.31 Å². The SMILES string of the molecule is Cc1cccc(N(C)S(=O)(=O)c2ccccc2OCC2CO2)c1. The minimum absolute atomic E-state index is 0.0697. The fraction of sp³-hybridized carbons (Fsp3) is 0.294. The number of benzene rings is 2. The van der Waals surface area contributed by atoms with E-state index < -0.39 is 10.0 Å². The standard InChI is InChI=1S/C17H19NO4S/c1-13-6-5-7-14(10-13)18(2)23(19,20)17-9-4-3-8-16(17)22-12-15-11-21-15/h3-10,15H,11-12H2,1-2H3. The first-order valence-corrected chi connectivity index (χ1v) is 8.81. The number of epoxide rings is 1. The molecule has 1 unspecified atom stereocenters. The van der Waals surface area contributed by atoms with Gasteiger partial charge >= 0.3 is 0 Å². The first-order chi connectivity index (χ1) is 11.0. The zero-order valence-electron chi connectivity index (χ0n) is 13.1. The van der Waals surface area contributed by atoms with Crippen LogP contribution in [-0.4, -0.2) is 34.8 Å². The van der Waals surface area contributed by atoms with E-state index in [1.54, 1.807) is 37.4 Å². The molecule has 1 atom stereocenters. The van der Waals surface area contributed by atoms with Gasteiger partial charge in [-0.15, -0.1) is 0 Å². The predicted octanol–water partition coefficient (Wildman–Crippen LogP) is 2.60. The number of aryl methyl sites for hydroxylation is 1. The molecule has 0 radical (unpaired) electrons. The van der Waals surface area contributed by atoms with Crippen LogP contribution < -0.4 is 9.04 Å². The minimum atomic E-state index is -3.70. The zero-order valence-corrected chi connectivity index (χ0v) is 13.9. The molecular weight excluding hydrogens is 314 g/mol. The summed E-state index contributed by atoms with van der Waals surface area (Å²) in [6.45, 7) is 2.95. The van der Waals surface area contributed by atoms with Crippen LogP contribution in [0.4, 0.5) is 5.69 Å². The Bertz CT molecular complexity index is 800. The fourth-order valence-electron chi connectivity index (χ4n) is 2.24. The van der Waals surface area contributed by atoms with E-state index in [0.717, 1.165) is 5.56 Å². The number of nitrogens with zero attached hydrogens (tertiary/aromatic N) is 1. The summed E-state index contributed by atoms with van der Waals surface area (Å²) < 4.78 is 37.9. The third-order valence-corrected chi connectivity index (χ3v) is 5.50. The summed E-state index contributed by atoms with van der Waals surface area (Å²) in [6, 6.07) is 14.0. The van der Waals surface area contributed by atoms with Gasteiger partial charge in [-0.25, -0.2) is 8.42 Å². The van der Waals surface area contributed by atoms with E-state index >= 15 is 0 Å². The van der Waals surface area contributed by atoms with E-state index in [0.29, 0.717) is 24.7 Å². The van der Waals surface area contributed by atoms with Gasteiger partial charge in [0.05, 0.1) is 12.3 Å². The van der Waals surface area contributed by atoms with Crippen LogP contribution >= 0.6 is 0 Å². The lowest BCUT2D eigenvalue weighted by molar-refractivity contribution is 0.258. The van der Waals surface area contributed by atoms with Crippen LogP contribution in [0.1, 0.15) is 5.56 Å². The van der Waals surface area contributed by atoms with Crippen molar-refractivity contribution >= 4 is 15.7 Å². The van der Waals surface area contributed by atoms with Gasteiger partial charge in [0.2, 0.25) is 0 Å². The average molecular weight is 333 g/mol. The van der Waals surface area contributed by atoms with Gasteiger partial charge in [0.1, 0.15) is 23.4 Å². The maximum absolute atomic E-state index is 12.9. The van der Waals surface area contributed by atoms with Crippen molar-refractivity contribution in [1.29, 1.82) is 0 Å². The molecule has 3 rings (SSSR count). The first kappa shape index (κ1) is 15.8. The van der Waals surface area contributed by atoms with Crippen LogP contribution in [0.15, 0.2) is 53.4 Å². The molecule has 0 N–H and O–H groups in total. The van der Waals surface area contributed by atoms with Gasteiger partial charge in [-0.1, -0.05) is 24.3 Å². The second-order valence-electron chi connectivity index (χ2n) is 5.52. The number of ether oxygens (including phenoxy) is 2. The third kappa shape index (κ3) is 3.48. The normalized spacial score (nSPS) is 16.9. The van der Waals surface area contributed by atoms with Gasteiger partial charge in [-0.2, -0.15) is 0 Å². The molecule has 2 aromatic carbocycles. The highest BCUT2D eigenvalue weighted by atomic mass is 32.2. The van der Waals surface area contributed by atoms with Gasteiger partial charge in [-0.05, 0) is 36.8 Å². The van der Waals surface area contributed by atoms with Gasteiger partial charge in [-0.3, -0.25) is 4.31 Å². The summed E-state index contributed by atoms with van der Waals surface area (Å²) in [4.78, 5) is 0.157. The number of hydrogen-bond donors (Lipinski definition) is 0. The number of para-hydroxylation sites is 1. The van der Waals surface area contributed by atoms with Crippen LogP contribution in [0, 0.1) is 6.92 Å². The monoisotopic (exact) mass is 333 g/mol. The summed E-state index contributed by atoms with van der Waals surface area (Å²) in [5.74, 6) is 0.350. The molecule has 6 heteroatoms. The molecule has 1 fully saturated rings. The molecule has 2 aromatic rings. The first-order valence-electron chi connectivity index (χ1n) is 7.37. The highest BCUT2D eigenvalue weighted by Gasteiger charge is 2.27. The molecule has 1 aliphatic rings. The molecule has 1 aliphatic heterocycles. The lowest BCUT2D eigenvalue weighted by Gasteiger charge is -2.21. The molecule has 1 saturated heterocycles. The third-order valence-electron chi connectivity index (χ3n) is 3.68. The van der Waals surface area contributed by atoms with Crippen molar-refractivity contribution in [3.63, 3.8) is 0 Å². The van der Waals surface area contributed by atoms with E-state index in [1.807, 2.05) is 25.1 Å². The van der Waals surface area contributed by atoms with Crippen LogP contribution in [0.3, 0.4) is 0 Å². The highest BCUT2D eigenvalue weighted by molar-refractivity contribution is 7.92. The Morgan fingerprint density at radius 1 is 1.22 bits per heavy atom. The van der Waals surface area contributed by atoms with Crippen molar-refractivity contribution in [2.75, 3.05) is 24.6 Å². The Hall–Kier alpha value is -2.05. The molecule has 0 aliphatic carbocycles. The Morgan fingerprint density at radius 3 is 2.65 bits per heavy atom. The Kier molecular flexibility index (Phi) is 4.28. The molecule has 0 amide bonds. The van der Waals surface area contributed by atoms with Gasteiger partial charge in [0.15, 0.2) is 0 Å². The summed E-state index contributed by atoms with van der Waals surface area (Å²) in [6.07, 6.45) is 0.0697. The summed E-state index contributed by atoms with van der Waals surface area (Å²) >= 11 is 0. The Labute approximate surface area is 136 Å². The minimum Gasteiger partial charge on any atom is -0.489 e. The second-order valence-corrected chi connectivity index (χ2v) is 7.46. The van der Waals surface area contributed by atoms with Crippen molar-refractivity contribution in [3.8, 4) is 5.75 Å². The molecule has 1 heterocycles. The molecule has 23 heavy (non-hydrogen) atoms. The molecule has 0 saturated carbocycles. The summed E-state index contributed by atoms with van der Waals surface area (Å²) in [5, 5.41) is 0. The lowest BCUT2D eigenvalue weighted by Crippen LogP contribution is -2.27. The van der Waals surface area contributed by atoms with Gasteiger partial charge in [0, 0.05) is 7.05 Å². The lowest BCUT2D eigenvalue weighted by atomic mass is 10.2. The average Bonchev–Trinajstić information content (AvgIpc) is 3.36. The number of anilines is 1. The molecule has 122 valence electrons. The second kappa shape index (κ2) is 6.22. The number of hydrogen-bond acceptors (Lipinski definition) is 4. The maximum atomic E-state index is 12.9. The van der Waals surface area contributed by atoms with Crippen LogP contribution in [0.5, 0.6) is 5.75 Å². The van der Waals surface area contributed by atoms with Gasteiger partial charge < -0.3 is 9.47 Å². The highest BCUT2D eigenvalue weighted by Crippen LogP contribution is 2.29. The fourth-order valence-corrected chi connectivity index (χ4v) is 3.56. The quantitative estimate of drug-likeness (QED) is 0.763. The van der Waals surface area contributed by atoms with Crippen molar-refractivity contribution in [2.24, 2.45) is 0 Å².